The van der Waals surface area contributed by atoms with Crippen LogP contribution in [0.5, 0.6) is 5.75 Å². The molecule has 1 saturated heterocycles. The molecule has 0 spiro atoms. The van der Waals surface area contributed by atoms with Gasteiger partial charge in [-0.3, -0.25) is 4.31 Å². The highest BCUT2D eigenvalue weighted by Gasteiger charge is 2.30. The maximum atomic E-state index is 11.7. The van der Waals surface area contributed by atoms with Gasteiger partial charge in [-0.2, -0.15) is 13.1 Å². The molecule has 0 aliphatic carbocycles. The lowest BCUT2D eigenvalue weighted by atomic mass is 10.2. The van der Waals surface area contributed by atoms with Gasteiger partial charge in [0.2, 0.25) is 0 Å². The van der Waals surface area contributed by atoms with Crippen molar-refractivity contribution >= 4 is 21.9 Å². The van der Waals surface area contributed by atoms with Crippen molar-refractivity contribution in [3.05, 3.63) is 23.8 Å². The Bertz CT molecular complexity index is 584. The van der Waals surface area contributed by atoms with Crippen LogP contribution >= 0.6 is 0 Å². The number of nitrogens with zero attached hydrogens (tertiary/aromatic N) is 1. The van der Waals surface area contributed by atoms with Gasteiger partial charge in [-0.1, -0.05) is 0 Å². The molecule has 1 aromatic rings. The summed E-state index contributed by atoms with van der Waals surface area (Å²) >= 11 is 0. The summed E-state index contributed by atoms with van der Waals surface area (Å²) in [5.74, 6) is -0.810. The van der Waals surface area contributed by atoms with E-state index in [0.717, 1.165) is 4.31 Å². The summed E-state index contributed by atoms with van der Waals surface area (Å²) < 4.78 is 31.9. The number of carboxylic acids is 1. The summed E-state index contributed by atoms with van der Waals surface area (Å²) in [5, 5.41) is 8.92. The number of hydrogen-bond acceptors (Lipinski definition) is 4. The third kappa shape index (κ3) is 2.12. The Labute approximate surface area is 104 Å². The molecule has 1 fully saturated rings. The molecule has 1 aliphatic heterocycles. The number of carbonyl (C=O) groups is 1. The fourth-order valence-electron chi connectivity index (χ4n) is 1.74. The second-order valence-electron chi connectivity index (χ2n) is 3.66. The summed E-state index contributed by atoms with van der Waals surface area (Å²) in [7, 11) is -2.21. The predicted molar refractivity (Wildman–Crippen MR) is 64.2 cm³/mol. The van der Waals surface area contributed by atoms with E-state index in [2.05, 4.69) is 4.72 Å². The SMILES string of the molecule is COc1ccc(C(=O)O)cc1N1CCNS1(=O)=O. The van der Waals surface area contributed by atoms with Crippen LogP contribution in [0.15, 0.2) is 18.2 Å². The highest BCUT2D eigenvalue weighted by atomic mass is 32.2. The van der Waals surface area contributed by atoms with E-state index in [-0.39, 0.29) is 24.3 Å². The normalized spacial score (nSPS) is 17.7. The zero-order valence-electron chi connectivity index (χ0n) is 9.58. The van der Waals surface area contributed by atoms with Crippen molar-refractivity contribution in [2.24, 2.45) is 0 Å². The first-order chi connectivity index (χ1) is 8.45. The van der Waals surface area contributed by atoms with Crippen molar-refractivity contribution < 1.29 is 23.1 Å². The molecule has 0 saturated carbocycles. The zero-order valence-corrected chi connectivity index (χ0v) is 10.4. The summed E-state index contributed by atoms with van der Waals surface area (Å²) in [4.78, 5) is 10.9. The lowest BCUT2D eigenvalue weighted by Crippen LogP contribution is -2.29. The highest BCUT2D eigenvalue weighted by Crippen LogP contribution is 2.32. The summed E-state index contributed by atoms with van der Waals surface area (Å²) in [6.07, 6.45) is 0. The maximum absolute atomic E-state index is 11.7. The van der Waals surface area contributed by atoms with E-state index in [1.807, 2.05) is 0 Å². The van der Waals surface area contributed by atoms with Gasteiger partial charge in [0.1, 0.15) is 5.75 Å². The number of hydrogen-bond donors (Lipinski definition) is 2. The number of anilines is 1. The minimum Gasteiger partial charge on any atom is -0.495 e. The number of rotatable bonds is 3. The van der Waals surface area contributed by atoms with Crippen LogP contribution in [0, 0.1) is 0 Å². The van der Waals surface area contributed by atoms with E-state index >= 15 is 0 Å². The van der Waals surface area contributed by atoms with Crippen LogP contribution in [0.4, 0.5) is 5.69 Å². The van der Waals surface area contributed by atoms with Crippen molar-refractivity contribution in [3.63, 3.8) is 0 Å². The van der Waals surface area contributed by atoms with Crippen molar-refractivity contribution in [1.82, 2.24) is 4.72 Å². The fourth-order valence-corrected chi connectivity index (χ4v) is 2.98. The van der Waals surface area contributed by atoms with Crippen LogP contribution in [0.25, 0.3) is 0 Å². The number of methoxy groups -OCH3 is 1. The quantitative estimate of drug-likeness (QED) is 0.810. The van der Waals surface area contributed by atoms with Gasteiger partial charge in [0, 0.05) is 13.1 Å². The van der Waals surface area contributed by atoms with E-state index in [1.54, 1.807) is 0 Å². The highest BCUT2D eigenvalue weighted by molar-refractivity contribution is 7.91. The van der Waals surface area contributed by atoms with Gasteiger partial charge in [-0.25, -0.2) is 4.79 Å². The van der Waals surface area contributed by atoms with E-state index in [1.165, 1.54) is 25.3 Å². The predicted octanol–water partition coefficient (Wildman–Crippen LogP) is 0.0478. The second-order valence-corrected chi connectivity index (χ2v) is 5.34. The van der Waals surface area contributed by atoms with Crippen molar-refractivity contribution in [1.29, 1.82) is 0 Å². The molecule has 0 aromatic heterocycles. The molecule has 0 amide bonds. The van der Waals surface area contributed by atoms with Crippen molar-refractivity contribution in [2.45, 2.75) is 0 Å². The smallest absolute Gasteiger partial charge is 0.335 e. The first kappa shape index (κ1) is 12.7. The van der Waals surface area contributed by atoms with Gasteiger partial charge in [0.25, 0.3) is 0 Å². The maximum Gasteiger partial charge on any atom is 0.335 e. The molecular formula is C10H12N2O5S. The van der Waals surface area contributed by atoms with Crippen LogP contribution in [0.2, 0.25) is 0 Å². The third-order valence-corrected chi connectivity index (χ3v) is 4.11. The van der Waals surface area contributed by atoms with Crippen LogP contribution in [0.3, 0.4) is 0 Å². The molecule has 2 rings (SSSR count). The van der Waals surface area contributed by atoms with E-state index < -0.39 is 16.2 Å². The third-order valence-electron chi connectivity index (χ3n) is 2.58. The molecule has 0 unspecified atom stereocenters. The Morgan fingerprint density at radius 3 is 2.72 bits per heavy atom. The Morgan fingerprint density at radius 2 is 2.22 bits per heavy atom. The van der Waals surface area contributed by atoms with Crippen molar-refractivity contribution in [2.75, 3.05) is 24.5 Å². The summed E-state index contributed by atoms with van der Waals surface area (Å²) in [6, 6.07) is 4.08. The second kappa shape index (κ2) is 4.46. The van der Waals surface area contributed by atoms with Crippen LogP contribution in [-0.4, -0.2) is 39.7 Å². The average molecular weight is 272 g/mol. The lowest BCUT2D eigenvalue weighted by Gasteiger charge is -2.19. The first-order valence-corrected chi connectivity index (χ1v) is 6.58. The Hall–Kier alpha value is -1.80. The molecule has 1 aliphatic rings. The molecule has 1 heterocycles. The van der Waals surface area contributed by atoms with E-state index in [9.17, 15) is 13.2 Å². The standard InChI is InChI=1S/C10H12N2O5S/c1-17-9-3-2-7(10(13)14)6-8(9)12-5-4-11-18(12,15)16/h2-3,6,11H,4-5H2,1H3,(H,13,14). The number of benzene rings is 1. The molecule has 0 radical (unpaired) electrons. The van der Waals surface area contributed by atoms with Gasteiger partial charge in [-0.15, -0.1) is 0 Å². The van der Waals surface area contributed by atoms with Gasteiger partial charge >= 0.3 is 16.2 Å². The van der Waals surface area contributed by atoms with E-state index in [0.29, 0.717) is 5.75 Å². The van der Waals surface area contributed by atoms with Gasteiger partial charge < -0.3 is 9.84 Å². The molecule has 0 atom stereocenters. The minimum absolute atomic E-state index is 0.00731. The molecule has 8 heteroatoms. The molecule has 18 heavy (non-hydrogen) atoms. The molecule has 2 N–H and O–H groups in total. The summed E-state index contributed by atoms with van der Waals surface area (Å²) in [6.45, 7) is 0.518. The molecule has 98 valence electrons. The molecule has 0 bridgehead atoms. The van der Waals surface area contributed by atoms with Gasteiger partial charge in [0.15, 0.2) is 0 Å². The van der Waals surface area contributed by atoms with Crippen LogP contribution in [-0.2, 0) is 10.2 Å². The van der Waals surface area contributed by atoms with Gasteiger partial charge in [0.05, 0.1) is 18.4 Å². The minimum atomic E-state index is -3.60. The number of carboxylic acid groups (broad SMARTS) is 1. The fraction of sp³-hybridized carbons (Fsp3) is 0.300. The molecular weight excluding hydrogens is 260 g/mol. The summed E-state index contributed by atoms with van der Waals surface area (Å²) in [5.41, 5.74) is 0.232. The van der Waals surface area contributed by atoms with Gasteiger partial charge in [-0.05, 0) is 18.2 Å². The molecule has 1 aromatic carbocycles. The lowest BCUT2D eigenvalue weighted by molar-refractivity contribution is 0.0697. The topological polar surface area (TPSA) is 95.9 Å². The first-order valence-electron chi connectivity index (χ1n) is 5.14. The number of ether oxygens (including phenoxy) is 1. The van der Waals surface area contributed by atoms with Crippen LogP contribution < -0.4 is 13.8 Å². The van der Waals surface area contributed by atoms with Crippen LogP contribution in [0.1, 0.15) is 10.4 Å². The average Bonchev–Trinajstić information content (AvgIpc) is 2.67. The monoisotopic (exact) mass is 272 g/mol. The Balaban J connectivity index is 2.54. The molecule has 7 nitrogen and oxygen atoms in total. The Morgan fingerprint density at radius 1 is 1.50 bits per heavy atom. The number of aromatic carboxylic acids is 1. The number of nitrogens with one attached hydrogen (secondary N) is 1. The van der Waals surface area contributed by atoms with Crippen molar-refractivity contribution in [3.8, 4) is 5.75 Å². The Kier molecular flexibility index (Phi) is 3.14. The van der Waals surface area contributed by atoms with E-state index in [4.69, 9.17) is 9.84 Å². The zero-order chi connectivity index (χ0) is 13.3. The largest absolute Gasteiger partial charge is 0.495 e.